The van der Waals surface area contributed by atoms with Crippen LogP contribution in [0.3, 0.4) is 0 Å². The number of amides is 2. The van der Waals surface area contributed by atoms with Gasteiger partial charge in [0.1, 0.15) is 17.2 Å². The Morgan fingerprint density at radius 3 is 2.67 bits per heavy atom. The van der Waals surface area contributed by atoms with Crippen LogP contribution in [-0.4, -0.2) is 11.0 Å². The zero-order chi connectivity index (χ0) is 17.3. The van der Waals surface area contributed by atoms with Gasteiger partial charge in [0.2, 0.25) is 0 Å². The Morgan fingerprint density at radius 1 is 1.12 bits per heavy atom. The second kappa shape index (κ2) is 6.17. The molecule has 120 valence electrons. The van der Waals surface area contributed by atoms with E-state index in [9.17, 15) is 18.0 Å². The molecule has 0 saturated carbocycles. The van der Waals surface area contributed by atoms with Crippen LogP contribution in [-0.2, 0) is 0 Å². The Kier molecular flexibility index (Phi) is 4.05. The molecule has 5 nitrogen and oxygen atoms in total. The van der Waals surface area contributed by atoms with Crippen molar-refractivity contribution in [3.05, 3.63) is 53.3 Å². The van der Waals surface area contributed by atoms with Gasteiger partial charge in [-0.1, -0.05) is 11.3 Å². The number of urea groups is 1. The quantitative estimate of drug-likeness (QED) is 0.727. The molecule has 2 aromatic carbocycles. The molecular formula is C15H7F3N4OS. The fourth-order valence-electron chi connectivity index (χ4n) is 1.95. The summed E-state index contributed by atoms with van der Waals surface area (Å²) >= 11 is 0.867. The highest BCUT2D eigenvalue weighted by atomic mass is 32.1. The van der Waals surface area contributed by atoms with E-state index in [-0.39, 0.29) is 26.6 Å². The first-order valence-electron chi connectivity index (χ1n) is 6.49. The molecule has 0 aliphatic carbocycles. The lowest BCUT2D eigenvalue weighted by Gasteiger charge is -2.06. The molecule has 0 saturated heterocycles. The van der Waals surface area contributed by atoms with Crippen LogP contribution in [0.2, 0.25) is 0 Å². The van der Waals surface area contributed by atoms with Crippen molar-refractivity contribution in [2.24, 2.45) is 0 Å². The third kappa shape index (κ3) is 3.13. The number of nitrogens with one attached hydrogen (secondary N) is 2. The second-order valence-corrected chi connectivity index (χ2v) is 5.67. The number of aromatic nitrogens is 1. The van der Waals surface area contributed by atoms with Crippen LogP contribution >= 0.6 is 11.3 Å². The molecule has 1 heterocycles. The molecule has 0 aliphatic rings. The third-order valence-electron chi connectivity index (χ3n) is 2.98. The van der Waals surface area contributed by atoms with Crippen molar-refractivity contribution in [3.63, 3.8) is 0 Å². The molecule has 0 radical (unpaired) electrons. The van der Waals surface area contributed by atoms with E-state index in [2.05, 4.69) is 15.6 Å². The van der Waals surface area contributed by atoms with Crippen molar-refractivity contribution in [2.75, 3.05) is 10.6 Å². The van der Waals surface area contributed by atoms with Gasteiger partial charge in [-0.25, -0.2) is 22.9 Å². The predicted molar refractivity (Wildman–Crippen MR) is 83.3 cm³/mol. The van der Waals surface area contributed by atoms with E-state index in [0.717, 1.165) is 23.5 Å². The summed E-state index contributed by atoms with van der Waals surface area (Å²) < 4.78 is 40.6. The monoisotopic (exact) mass is 348 g/mol. The summed E-state index contributed by atoms with van der Waals surface area (Å²) in [6.07, 6.45) is 0. The van der Waals surface area contributed by atoms with Crippen molar-refractivity contribution in [2.45, 2.75) is 0 Å². The second-order valence-electron chi connectivity index (χ2n) is 4.64. The largest absolute Gasteiger partial charge is 0.325 e. The number of benzene rings is 2. The van der Waals surface area contributed by atoms with Gasteiger partial charge in [0.15, 0.2) is 10.9 Å². The average Bonchev–Trinajstić information content (AvgIpc) is 2.92. The Bertz CT molecular complexity index is 996. The number of hydrogen-bond donors (Lipinski definition) is 2. The molecule has 0 bridgehead atoms. The number of nitrogens with zero attached hydrogens (tertiary/aromatic N) is 2. The van der Waals surface area contributed by atoms with E-state index in [1.165, 1.54) is 12.1 Å². The van der Waals surface area contributed by atoms with Crippen molar-refractivity contribution in [1.82, 2.24) is 4.98 Å². The van der Waals surface area contributed by atoms with Gasteiger partial charge in [-0.3, -0.25) is 5.32 Å². The Labute approximate surface area is 137 Å². The number of anilines is 2. The topological polar surface area (TPSA) is 77.8 Å². The standard InChI is InChI=1S/C15H7F3N4OS/c16-8-4-10(18)13-12(5-8)24-15(21-13)22-14(23)20-11-3-7(6-19)1-2-9(11)17/h1-5H,(H2,20,21,22,23). The van der Waals surface area contributed by atoms with Gasteiger partial charge < -0.3 is 5.32 Å². The molecule has 1 aromatic heterocycles. The number of rotatable bonds is 2. The van der Waals surface area contributed by atoms with Gasteiger partial charge in [-0.15, -0.1) is 0 Å². The van der Waals surface area contributed by atoms with Gasteiger partial charge in [-0.05, 0) is 24.3 Å². The van der Waals surface area contributed by atoms with E-state index in [1.54, 1.807) is 0 Å². The number of nitriles is 1. The maximum atomic E-state index is 13.6. The number of fused-ring (bicyclic) bond motifs is 1. The Morgan fingerprint density at radius 2 is 1.92 bits per heavy atom. The van der Waals surface area contributed by atoms with Gasteiger partial charge in [0.25, 0.3) is 0 Å². The number of thiazole rings is 1. The Balaban J connectivity index is 1.80. The lowest BCUT2D eigenvalue weighted by molar-refractivity contribution is 0.262. The minimum atomic E-state index is -0.845. The van der Waals surface area contributed by atoms with Crippen molar-refractivity contribution in [3.8, 4) is 6.07 Å². The summed E-state index contributed by atoms with van der Waals surface area (Å²) in [5.41, 5.74) is -0.0940. The molecule has 24 heavy (non-hydrogen) atoms. The molecule has 2 N–H and O–H groups in total. The van der Waals surface area contributed by atoms with Crippen molar-refractivity contribution < 1.29 is 18.0 Å². The van der Waals surface area contributed by atoms with E-state index in [1.807, 2.05) is 6.07 Å². The molecule has 0 fully saturated rings. The van der Waals surface area contributed by atoms with Crippen LogP contribution in [0.15, 0.2) is 30.3 Å². The minimum Gasteiger partial charge on any atom is -0.305 e. The molecular weight excluding hydrogens is 341 g/mol. The molecule has 3 rings (SSSR count). The summed E-state index contributed by atoms with van der Waals surface area (Å²) in [6, 6.07) is 6.25. The van der Waals surface area contributed by atoms with Crippen molar-refractivity contribution in [1.29, 1.82) is 5.26 Å². The predicted octanol–water partition coefficient (Wildman–Crippen LogP) is 4.23. The van der Waals surface area contributed by atoms with Gasteiger partial charge >= 0.3 is 6.03 Å². The minimum absolute atomic E-state index is 0.0174. The number of halogens is 3. The smallest absolute Gasteiger partial charge is 0.305 e. The molecule has 3 aromatic rings. The van der Waals surface area contributed by atoms with Gasteiger partial charge in [0, 0.05) is 6.07 Å². The number of hydrogen-bond acceptors (Lipinski definition) is 4. The summed E-state index contributed by atoms with van der Waals surface area (Å²) in [5.74, 6) is -2.32. The maximum absolute atomic E-state index is 13.6. The van der Waals surface area contributed by atoms with Crippen molar-refractivity contribution >= 4 is 38.4 Å². The van der Waals surface area contributed by atoms with Crippen LogP contribution in [0.25, 0.3) is 10.2 Å². The van der Waals surface area contributed by atoms with Crippen LogP contribution in [0.1, 0.15) is 5.56 Å². The average molecular weight is 348 g/mol. The zero-order valence-corrected chi connectivity index (χ0v) is 12.5. The first-order valence-corrected chi connectivity index (χ1v) is 7.31. The van der Waals surface area contributed by atoms with E-state index < -0.39 is 23.5 Å². The fourth-order valence-corrected chi connectivity index (χ4v) is 2.85. The highest BCUT2D eigenvalue weighted by Gasteiger charge is 2.13. The first-order chi connectivity index (χ1) is 11.5. The summed E-state index contributed by atoms with van der Waals surface area (Å²) in [4.78, 5) is 15.7. The van der Waals surface area contributed by atoms with E-state index in [4.69, 9.17) is 5.26 Å². The maximum Gasteiger partial charge on any atom is 0.325 e. The summed E-state index contributed by atoms with van der Waals surface area (Å²) in [6.45, 7) is 0. The number of carbonyl (C=O) groups excluding carboxylic acids is 1. The zero-order valence-electron chi connectivity index (χ0n) is 11.7. The number of carbonyl (C=O) groups is 1. The van der Waals surface area contributed by atoms with E-state index >= 15 is 0 Å². The highest BCUT2D eigenvalue weighted by Crippen LogP contribution is 2.28. The lowest BCUT2D eigenvalue weighted by atomic mass is 10.2. The molecule has 9 heteroatoms. The van der Waals surface area contributed by atoms with Crippen LogP contribution in [0, 0.1) is 28.8 Å². The highest BCUT2D eigenvalue weighted by molar-refractivity contribution is 7.22. The van der Waals surface area contributed by atoms with Crippen LogP contribution < -0.4 is 10.6 Å². The fraction of sp³-hybridized carbons (Fsp3) is 0. The SMILES string of the molecule is N#Cc1ccc(F)c(NC(=O)Nc2nc3c(F)cc(F)cc3s2)c1. The summed E-state index contributed by atoms with van der Waals surface area (Å²) in [5, 5.41) is 13.3. The Hall–Kier alpha value is -3.12. The molecule has 0 unspecified atom stereocenters. The van der Waals surface area contributed by atoms with E-state index in [0.29, 0.717) is 6.07 Å². The van der Waals surface area contributed by atoms with Gasteiger partial charge in [-0.2, -0.15) is 5.26 Å². The molecule has 0 aliphatic heterocycles. The first kappa shape index (κ1) is 15.8. The third-order valence-corrected chi connectivity index (χ3v) is 3.90. The molecule has 0 atom stereocenters. The molecule has 0 spiro atoms. The normalized spacial score (nSPS) is 10.4. The lowest BCUT2D eigenvalue weighted by Crippen LogP contribution is -2.20. The van der Waals surface area contributed by atoms with Gasteiger partial charge in [0.05, 0.1) is 22.0 Å². The van der Waals surface area contributed by atoms with Crippen LogP contribution in [0.4, 0.5) is 28.8 Å². The summed E-state index contributed by atoms with van der Waals surface area (Å²) in [7, 11) is 0. The molecule has 2 amide bonds. The van der Waals surface area contributed by atoms with Crippen LogP contribution in [0.5, 0.6) is 0 Å².